The van der Waals surface area contributed by atoms with Gasteiger partial charge in [-0.15, -0.1) is 0 Å². The third-order valence-electron chi connectivity index (χ3n) is 5.83. The summed E-state index contributed by atoms with van der Waals surface area (Å²) in [6.45, 7) is 8.28. The van der Waals surface area contributed by atoms with Gasteiger partial charge in [-0.2, -0.15) is 0 Å². The summed E-state index contributed by atoms with van der Waals surface area (Å²) in [7, 11) is 0. The molecule has 0 unspecified atom stereocenters. The van der Waals surface area contributed by atoms with E-state index in [0.29, 0.717) is 6.04 Å². The highest BCUT2D eigenvalue weighted by Crippen LogP contribution is 2.29. The van der Waals surface area contributed by atoms with Crippen molar-refractivity contribution < 1.29 is 0 Å². The van der Waals surface area contributed by atoms with Crippen LogP contribution in [0.15, 0.2) is 60.7 Å². The molecule has 0 aliphatic carbocycles. The van der Waals surface area contributed by atoms with E-state index in [-0.39, 0.29) is 0 Å². The van der Waals surface area contributed by atoms with Crippen LogP contribution in [0.1, 0.15) is 62.6 Å². The van der Waals surface area contributed by atoms with Crippen LogP contribution in [-0.2, 0) is 0 Å². The summed E-state index contributed by atoms with van der Waals surface area (Å²) in [4.78, 5) is 5.34. The van der Waals surface area contributed by atoms with E-state index in [1.54, 1.807) is 0 Å². The molecule has 1 fully saturated rings. The third kappa shape index (κ3) is 6.19. The van der Waals surface area contributed by atoms with Gasteiger partial charge in [0.2, 0.25) is 0 Å². The maximum atomic E-state index is 2.67. The van der Waals surface area contributed by atoms with Gasteiger partial charge in [0.05, 0.1) is 6.04 Å². The summed E-state index contributed by atoms with van der Waals surface area (Å²) in [5.41, 5.74) is 2.82. The van der Waals surface area contributed by atoms with E-state index >= 15 is 0 Å². The molecule has 1 saturated heterocycles. The van der Waals surface area contributed by atoms with Crippen LogP contribution in [0.3, 0.4) is 0 Å². The average Bonchev–Trinajstić information content (AvgIpc) is 2.73. The van der Waals surface area contributed by atoms with Crippen LogP contribution in [0.2, 0.25) is 0 Å². The largest absolute Gasteiger partial charge is 0.301 e. The normalized spacial score (nSPS) is 16.1. The molecule has 3 rings (SSSR count). The zero-order valence-corrected chi connectivity index (χ0v) is 17.0. The first-order valence-electron chi connectivity index (χ1n) is 10.9. The average molecular weight is 365 g/mol. The van der Waals surface area contributed by atoms with Gasteiger partial charge < -0.3 is 4.90 Å². The van der Waals surface area contributed by atoms with E-state index in [1.807, 2.05) is 0 Å². The van der Waals surface area contributed by atoms with Crippen molar-refractivity contribution in [3.8, 4) is 0 Å². The van der Waals surface area contributed by atoms with Crippen LogP contribution in [0.5, 0.6) is 0 Å². The fourth-order valence-corrected chi connectivity index (χ4v) is 4.25. The Balaban J connectivity index is 1.53. The van der Waals surface area contributed by atoms with Crippen LogP contribution in [0, 0.1) is 0 Å². The molecule has 0 atom stereocenters. The number of benzene rings is 2. The molecule has 0 bridgehead atoms. The Kier molecular flexibility index (Phi) is 8.38. The fourth-order valence-electron chi connectivity index (χ4n) is 4.25. The van der Waals surface area contributed by atoms with Crippen LogP contribution >= 0.6 is 0 Å². The van der Waals surface area contributed by atoms with Gasteiger partial charge in [0.25, 0.3) is 0 Å². The fraction of sp³-hybridized carbons (Fsp3) is 0.520. The molecule has 1 aliphatic rings. The summed E-state index contributed by atoms with van der Waals surface area (Å²) in [5.74, 6) is 0. The van der Waals surface area contributed by atoms with Crippen LogP contribution in [0.25, 0.3) is 0 Å². The summed E-state index contributed by atoms with van der Waals surface area (Å²) >= 11 is 0. The molecule has 2 nitrogen and oxygen atoms in total. The maximum Gasteiger partial charge on any atom is 0.0602 e. The first kappa shape index (κ1) is 20.1. The lowest BCUT2D eigenvalue weighted by Crippen LogP contribution is -2.48. The minimum absolute atomic E-state index is 0.378. The van der Waals surface area contributed by atoms with E-state index < -0.39 is 0 Å². The van der Waals surface area contributed by atoms with Crippen molar-refractivity contribution >= 4 is 0 Å². The number of hydrogen-bond donors (Lipinski definition) is 0. The number of rotatable bonds is 10. The molecular weight excluding hydrogens is 328 g/mol. The van der Waals surface area contributed by atoms with E-state index in [9.17, 15) is 0 Å². The van der Waals surface area contributed by atoms with Crippen molar-refractivity contribution in [3.05, 3.63) is 71.8 Å². The van der Waals surface area contributed by atoms with E-state index in [1.165, 1.54) is 69.3 Å². The maximum absolute atomic E-state index is 2.67. The highest BCUT2D eigenvalue weighted by Gasteiger charge is 2.25. The van der Waals surface area contributed by atoms with E-state index in [2.05, 4.69) is 77.4 Å². The molecule has 2 aromatic rings. The lowest BCUT2D eigenvalue weighted by Gasteiger charge is -2.39. The van der Waals surface area contributed by atoms with E-state index in [0.717, 1.165) is 13.1 Å². The van der Waals surface area contributed by atoms with E-state index in [4.69, 9.17) is 0 Å². The molecule has 0 radical (unpaired) electrons. The summed E-state index contributed by atoms with van der Waals surface area (Å²) in [5, 5.41) is 0. The predicted octanol–water partition coefficient (Wildman–Crippen LogP) is 5.75. The molecule has 0 saturated carbocycles. The van der Waals surface area contributed by atoms with Gasteiger partial charge in [-0.1, -0.05) is 99.7 Å². The molecule has 0 N–H and O–H groups in total. The van der Waals surface area contributed by atoms with Gasteiger partial charge in [-0.25, -0.2) is 0 Å². The summed E-state index contributed by atoms with van der Waals surface area (Å²) in [6.07, 6.45) is 8.34. The Bertz CT molecular complexity index is 578. The zero-order valence-electron chi connectivity index (χ0n) is 17.0. The second-order valence-electron chi connectivity index (χ2n) is 7.87. The van der Waals surface area contributed by atoms with Crippen molar-refractivity contribution in [2.24, 2.45) is 0 Å². The molecule has 2 heteroatoms. The van der Waals surface area contributed by atoms with Crippen molar-refractivity contribution in [1.82, 2.24) is 9.80 Å². The molecule has 146 valence electrons. The lowest BCUT2D eigenvalue weighted by molar-refractivity contribution is 0.108. The predicted molar refractivity (Wildman–Crippen MR) is 116 cm³/mol. The molecule has 27 heavy (non-hydrogen) atoms. The second-order valence-corrected chi connectivity index (χ2v) is 7.87. The SMILES string of the molecule is CCCCCCCCN1CCN(C(c2ccccc2)c2ccccc2)CC1. The van der Waals surface area contributed by atoms with Crippen molar-refractivity contribution in [3.63, 3.8) is 0 Å². The monoisotopic (exact) mass is 364 g/mol. The minimum Gasteiger partial charge on any atom is -0.301 e. The number of hydrogen-bond acceptors (Lipinski definition) is 2. The smallest absolute Gasteiger partial charge is 0.0602 e. The Morgan fingerprint density at radius 1 is 0.667 bits per heavy atom. The van der Waals surface area contributed by atoms with Gasteiger partial charge in [-0.05, 0) is 24.1 Å². The Labute approximate surface area is 166 Å². The standard InChI is InChI=1S/C25H36N2/c1-2-3-4-5-6-13-18-26-19-21-27(22-20-26)25(23-14-9-7-10-15-23)24-16-11-8-12-17-24/h7-12,14-17,25H,2-6,13,18-22H2,1H3. The zero-order chi connectivity index (χ0) is 18.7. The lowest BCUT2D eigenvalue weighted by atomic mass is 9.96. The number of nitrogens with zero attached hydrogens (tertiary/aromatic N) is 2. The van der Waals surface area contributed by atoms with Crippen LogP contribution in [0.4, 0.5) is 0 Å². The first-order chi connectivity index (χ1) is 13.4. The summed E-state index contributed by atoms with van der Waals surface area (Å²) in [6, 6.07) is 22.4. The van der Waals surface area contributed by atoms with Gasteiger partial charge >= 0.3 is 0 Å². The van der Waals surface area contributed by atoms with Gasteiger partial charge in [0.1, 0.15) is 0 Å². The molecular formula is C25H36N2. The number of piperazine rings is 1. The molecule has 0 aromatic heterocycles. The van der Waals surface area contributed by atoms with Gasteiger partial charge in [0.15, 0.2) is 0 Å². The first-order valence-corrected chi connectivity index (χ1v) is 10.9. The molecule has 2 aromatic carbocycles. The third-order valence-corrected chi connectivity index (χ3v) is 5.83. The molecule has 0 amide bonds. The molecule has 1 heterocycles. The van der Waals surface area contributed by atoms with Crippen molar-refractivity contribution in [2.75, 3.05) is 32.7 Å². The van der Waals surface area contributed by atoms with Crippen molar-refractivity contribution in [1.29, 1.82) is 0 Å². The van der Waals surface area contributed by atoms with Gasteiger partial charge in [-0.3, -0.25) is 4.90 Å². The highest BCUT2D eigenvalue weighted by molar-refractivity contribution is 5.31. The van der Waals surface area contributed by atoms with Gasteiger partial charge in [0, 0.05) is 26.2 Å². The quantitative estimate of drug-likeness (QED) is 0.495. The van der Waals surface area contributed by atoms with Crippen LogP contribution < -0.4 is 0 Å². The summed E-state index contributed by atoms with van der Waals surface area (Å²) < 4.78 is 0. The minimum atomic E-state index is 0.378. The topological polar surface area (TPSA) is 6.48 Å². The Morgan fingerprint density at radius 2 is 1.19 bits per heavy atom. The second kappa shape index (κ2) is 11.3. The number of unbranched alkanes of at least 4 members (excludes halogenated alkanes) is 5. The molecule has 0 spiro atoms. The Morgan fingerprint density at radius 3 is 1.74 bits per heavy atom. The molecule has 1 aliphatic heterocycles. The Hall–Kier alpha value is -1.64. The highest BCUT2D eigenvalue weighted by atomic mass is 15.3. The van der Waals surface area contributed by atoms with Crippen LogP contribution in [-0.4, -0.2) is 42.5 Å². The van der Waals surface area contributed by atoms with Crippen molar-refractivity contribution in [2.45, 2.75) is 51.5 Å².